The van der Waals surface area contributed by atoms with Crippen LogP contribution in [0.15, 0.2) is 73.3 Å². The highest BCUT2D eigenvalue weighted by atomic mass is 19.1. The summed E-state index contributed by atoms with van der Waals surface area (Å²) >= 11 is 0. The second-order valence-corrected chi connectivity index (χ2v) is 10.4. The Kier molecular flexibility index (Phi) is 5.51. The van der Waals surface area contributed by atoms with Crippen molar-refractivity contribution in [2.24, 2.45) is 0 Å². The third-order valence-electron chi connectivity index (χ3n) is 7.99. The number of ether oxygens (including phenoxy) is 1. The molecule has 2 aliphatic heterocycles. The fourth-order valence-electron chi connectivity index (χ4n) is 6.08. The van der Waals surface area contributed by atoms with E-state index in [0.29, 0.717) is 30.0 Å². The molecule has 2 N–H and O–H groups in total. The Morgan fingerprint density at radius 3 is 2.62 bits per heavy atom. The van der Waals surface area contributed by atoms with E-state index < -0.39 is 17.7 Å². The predicted octanol–water partition coefficient (Wildman–Crippen LogP) is 4.82. The van der Waals surface area contributed by atoms with Crippen LogP contribution in [0.3, 0.4) is 0 Å². The van der Waals surface area contributed by atoms with Gasteiger partial charge in [-0.3, -0.25) is 10.1 Å². The molecule has 2 atom stereocenters. The number of piperazine rings is 1. The highest BCUT2D eigenvalue weighted by molar-refractivity contribution is 6.02. The molecule has 2 aromatic carbocycles. The molecule has 0 radical (unpaired) electrons. The maximum atomic E-state index is 15.7. The first kappa shape index (κ1) is 24.6. The van der Waals surface area contributed by atoms with Crippen LogP contribution in [0.4, 0.5) is 13.6 Å². The lowest BCUT2D eigenvalue weighted by Crippen LogP contribution is -2.47. The summed E-state index contributed by atoms with van der Waals surface area (Å²) in [6, 6.07) is 13.2. The molecule has 1 amide bonds. The quantitative estimate of drug-likeness (QED) is 0.316. The number of nitrogens with one attached hydrogen (secondary N) is 2. The van der Waals surface area contributed by atoms with E-state index in [0.717, 1.165) is 40.6 Å². The number of benzene rings is 2. The molecule has 10 nitrogen and oxygen atoms in total. The van der Waals surface area contributed by atoms with E-state index in [1.54, 1.807) is 23.5 Å². The molecule has 0 spiro atoms. The van der Waals surface area contributed by atoms with Crippen molar-refractivity contribution in [2.45, 2.75) is 18.5 Å². The first-order valence-corrected chi connectivity index (χ1v) is 13.5. The Hall–Kier alpha value is -5.23. The van der Waals surface area contributed by atoms with Gasteiger partial charge in [-0.1, -0.05) is 12.1 Å². The molecule has 0 aliphatic carbocycles. The number of pyridine rings is 1. The van der Waals surface area contributed by atoms with Gasteiger partial charge in [-0.05, 0) is 36.2 Å². The van der Waals surface area contributed by atoms with Crippen LogP contribution in [0, 0.1) is 11.6 Å². The molecule has 42 heavy (non-hydrogen) atoms. The molecule has 208 valence electrons. The number of likely N-dealkylation sites (tertiary alicyclic amines) is 1. The van der Waals surface area contributed by atoms with Crippen LogP contribution < -0.4 is 10.1 Å². The van der Waals surface area contributed by atoms with Crippen LogP contribution in [-0.4, -0.2) is 65.9 Å². The minimum atomic E-state index is -0.894. The monoisotopic (exact) mass is 564 g/mol. The van der Waals surface area contributed by atoms with E-state index in [9.17, 15) is 4.79 Å². The lowest BCUT2D eigenvalue weighted by molar-refractivity contribution is 0.140. The largest absolute Gasteiger partial charge is 0.415 e. The number of nitrogens with zero attached hydrogens (tertiary/aromatic N) is 6. The summed E-state index contributed by atoms with van der Waals surface area (Å²) < 4.78 is 38.2. The van der Waals surface area contributed by atoms with Gasteiger partial charge in [0.25, 0.3) is 0 Å². The van der Waals surface area contributed by atoms with E-state index in [4.69, 9.17) is 9.84 Å². The molecular weight excluding hydrogens is 542 g/mol. The standard InChI is InChI=1S/C30H22F2N8O2/c31-22-11-19(42-30(41)39-15-17-10-18(39)13-35-17)12-23(32)27(22)25-6-9-34-29-26(20-2-1-3-24-21(20)14-36-37-24)28(38-40(25)29)16-4-7-33-8-5-16/h1-9,11-12,14,17-18,35H,10,13,15H2,(H,36,37). The first-order chi connectivity index (χ1) is 20.5. The number of rotatable bonds is 4. The number of aromatic nitrogens is 6. The summed E-state index contributed by atoms with van der Waals surface area (Å²) in [4.78, 5) is 23.0. The van der Waals surface area contributed by atoms with E-state index in [1.807, 2.05) is 30.3 Å². The van der Waals surface area contributed by atoms with Crippen molar-refractivity contribution >= 4 is 22.6 Å². The van der Waals surface area contributed by atoms with Gasteiger partial charge in [0, 0.05) is 66.8 Å². The van der Waals surface area contributed by atoms with Crippen LogP contribution in [0.25, 0.3) is 50.2 Å². The maximum absolute atomic E-state index is 15.7. The number of fused-ring (bicyclic) bond motifs is 4. The first-order valence-electron chi connectivity index (χ1n) is 13.5. The summed E-state index contributed by atoms with van der Waals surface area (Å²) in [6.45, 7) is 1.19. The molecule has 2 fully saturated rings. The Labute approximate surface area is 237 Å². The molecule has 0 saturated carbocycles. The summed E-state index contributed by atoms with van der Waals surface area (Å²) in [5.74, 6) is -1.99. The molecule has 6 aromatic rings. The Balaban J connectivity index is 1.25. The number of hydrogen-bond acceptors (Lipinski definition) is 7. The van der Waals surface area contributed by atoms with Gasteiger partial charge in [0.05, 0.1) is 28.5 Å². The summed E-state index contributed by atoms with van der Waals surface area (Å²) in [5, 5.41) is 16.1. The molecule has 2 unspecified atom stereocenters. The number of aromatic amines is 1. The van der Waals surface area contributed by atoms with Gasteiger partial charge in [0.1, 0.15) is 23.1 Å². The highest BCUT2D eigenvalue weighted by Gasteiger charge is 2.41. The zero-order valence-corrected chi connectivity index (χ0v) is 22.0. The van der Waals surface area contributed by atoms with Crippen LogP contribution in [0.1, 0.15) is 6.42 Å². The summed E-state index contributed by atoms with van der Waals surface area (Å²) in [7, 11) is 0. The van der Waals surface area contributed by atoms with Crippen molar-refractivity contribution in [3.05, 3.63) is 85.0 Å². The van der Waals surface area contributed by atoms with Gasteiger partial charge < -0.3 is 15.0 Å². The van der Waals surface area contributed by atoms with Crippen LogP contribution in [0.2, 0.25) is 0 Å². The third kappa shape index (κ3) is 3.83. The molecule has 2 bridgehead atoms. The van der Waals surface area contributed by atoms with Gasteiger partial charge in [0.15, 0.2) is 5.65 Å². The van der Waals surface area contributed by atoms with Crippen molar-refractivity contribution < 1.29 is 18.3 Å². The minimum Gasteiger partial charge on any atom is -0.410 e. The molecule has 12 heteroatoms. The Morgan fingerprint density at radius 1 is 1.02 bits per heavy atom. The number of amides is 1. The van der Waals surface area contributed by atoms with Gasteiger partial charge in [-0.15, -0.1) is 0 Å². The molecule has 8 rings (SSSR count). The zero-order valence-electron chi connectivity index (χ0n) is 22.0. The number of halogens is 2. The maximum Gasteiger partial charge on any atom is 0.415 e. The predicted molar refractivity (Wildman–Crippen MR) is 150 cm³/mol. The number of carbonyl (C=O) groups is 1. The second kappa shape index (κ2) is 9.42. The average Bonchev–Trinajstić information content (AvgIpc) is 3.80. The SMILES string of the molecule is O=C(Oc1cc(F)c(-c2ccnc3c(-c4cccc5[nH]ncc45)c(-c4ccncc4)nn23)c(F)c1)N1CC2CC1CN2. The van der Waals surface area contributed by atoms with Crippen molar-refractivity contribution in [2.75, 3.05) is 13.1 Å². The van der Waals surface area contributed by atoms with Crippen LogP contribution >= 0.6 is 0 Å². The van der Waals surface area contributed by atoms with E-state index in [2.05, 4.69) is 25.5 Å². The second-order valence-electron chi connectivity index (χ2n) is 10.4. The van der Waals surface area contributed by atoms with Crippen molar-refractivity contribution in [1.29, 1.82) is 0 Å². The molecule has 6 heterocycles. The smallest absolute Gasteiger partial charge is 0.410 e. The average molecular weight is 565 g/mol. The molecular formula is C30H22F2N8O2. The van der Waals surface area contributed by atoms with Crippen LogP contribution in [-0.2, 0) is 0 Å². The Morgan fingerprint density at radius 2 is 1.86 bits per heavy atom. The fraction of sp³-hybridized carbons (Fsp3) is 0.167. The normalized spacial score (nSPS) is 17.9. The third-order valence-corrected chi connectivity index (χ3v) is 7.99. The van der Waals surface area contributed by atoms with Crippen molar-refractivity contribution in [3.8, 4) is 39.4 Å². The van der Waals surface area contributed by atoms with E-state index in [-0.39, 0.29) is 29.1 Å². The molecule has 4 aromatic heterocycles. The molecule has 2 aliphatic rings. The van der Waals surface area contributed by atoms with E-state index >= 15 is 8.78 Å². The summed E-state index contributed by atoms with van der Waals surface area (Å²) in [5.41, 5.74) is 3.86. The van der Waals surface area contributed by atoms with Gasteiger partial charge in [-0.2, -0.15) is 10.2 Å². The highest BCUT2D eigenvalue weighted by Crippen LogP contribution is 2.40. The van der Waals surface area contributed by atoms with Crippen molar-refractivity contribution in [3.63, 3.8) is 0 Å². The summed E-state index contributed by atoms with van der Waals surface area (Å²) in [6.07, 6.45) is 6.74. The van der Waals surface area contributed by atoms with E-state index in [1.165, 1.54) is 16.8 Å². The number of carbonyl (C=O) groups excluding carboxylic acids is 1. The zero-order chi connectivity index (χ0) is 28.4. The fourth-order valence-corrected chi connectivity index (χ4v) is 6.08. The number of H-pyrrole nitrogens is 1. The van der Waals surface area contributed by atoms with Crippen LogP contribution in [0.5, 0.6) is 5.75 Å². The topological polar surface area (TPSA) is 113 Å². The van der Waals surface area contributed by atoms with Gasteiger partial charge >= 0.3 is 6.09 Å². The minimum absolute atomic E-state index is 0.0260. The van der Waals surface area contributed by atoms with Gasteiger partial charge in [0.2, 0.25) is 0 Å². The van der Waals surface area contributed by atoms with Gasteiger partial charge in [-0.25, -0.2) is 23.1 Å². The lowest BCUT2D eigenvalue weighted by atomic mass is 9.99. The Bertz CT molecular complexity index is 1980. The lowest BCUT2D eigenvalue weighted by Gasteiger charge is -2.26. The van der Waals surface area contributed by atoms with Crippen molar-refractivity contribution in [1.82, 2.24) is 40.0 Å². The number of hydrogen-bond donors (Lipinski definition) is 2. The molecule has 2 saturated heterocycles.